The molecule has 6 heteroatoms. The number of hydrogen-bond donors (Lipinski definition) is 1. The van der Waals surface area contributed by atoms with Crippen molar-refractivity contribution in [3.63, 3.8) is 0 Å². The number of carbonyl (C=O) groups excluding carboxylic acids is 1. The van der Waals surface area contributed by atoms with Crippen LogP contribution in [0.25, 0.3) is 0 Å². The van der Waals surface area contributed by atoms with Gasteiger partial charge in [-0.25, -0.2) is 0 Å². The second-order valence-electron chi connectivity index (χ2n) is 4.79. The summed E-state index contributed by atoms with van der Waals surface area (Å²) in [7, 11) is 0. The molecule has 0 spiro atoms. The Bertz CT molecular complexity index is 552. The molecule has 0 fully saturated rings. The first kappa shape index (κ1) is 14.6. The molecule has 0 unspecified atom stereocenters. The van der Waals surface area contributed by atoms with Crippen molar-refractivity contribution in [1.29, 1.82) is 5.41 Å². The summed E-state index contributed by atoms with van der Waals surface area (Å²) >= 11 is 0. The van der Waals surface area contributed by atoms with Crippen LogP contribution in [0.1, 0.15) is 35.7 Å². The molecule has 0 bridgehead atoms. The Morgan fingerprint density at radius 3 is 2.60 bits per heavy atom. The average Bonchev–Trinajstić information content (AvgIpc) is 2.59. The number of halogens is 3. The van der Waals surface area contributed by atoms with E-state index in [1.165, 1.54) is 17.0 Å². The third-order valence-corrected chi connectivity index (χ3v) is 3.26. The summed E-state index contributed by atoms with van der Waals surface area (Å²) in [6.07, 6.45) is -3.85. The summed E-state index contributed by atoms with van der Waals surface area (Å²) in [5.74, 6) is -0.848. The minimum atomic E-state index is -4.37. The van der Waals surface area contributed by atoms with Crippen LogP contribution in [-0.2, 0) is 6.42 Å². The van der Waals surface area contributed by atoms with E-state index in [0.717, 1.165) is 12.8 Å². The number of nitrogens with one attached hydrogen (secondary N) is 1. The number of hydrogen-bond acceptors (Lipinski definition) is 2. The molecule has 3 nitrogen and oxygen atoms in total. The highest BCUT2D eigenvalue weighted by molar-refractivity contribution is 6.53. The summed E-state index contributed by atoms with van der Waals surface area (Å²) in [4.78, 5) is 13.5. The lowest BCUT2D eigenvalue weighted by Gasteiger charge is -2.18. The maximum Gasteiger partial charge on any atom is 0.393 e. The Hall–Kier alpha value is -1.85. The number of alkyl halides is 3. The number of carbonyl (C=O) groups is 1. The van der Waals surface area contributed by atoms with Crippen LogP contribution in [0.4, 0.5) is 18.9 Å². The van der Waals surface area contributed by atoms with E-state index in [1.54, 1.807) is 6.07 Å². The Balaban J connectivity index is 2.41. The zero-order valence-corrected chi connectivity index (χ0v) is 11.0. The predicted octanol–water partition coefficient (Wildman–Crippen LogP) is 3.57. The van der Waals surface area contributed by atoms with Crippen LogP contribution >= 0.6 is 0 Å². The topological polar surface area (TPSA) is 44.2 Å². The molecule has 1 N–H and O–H groups in total. The number of benzene rings is 1. The molecule has 1 heterocycles. The van der Waals surface area contributed by atoms with Crippen LogP contribution in [-0.4, -0.2) is 24.3 Å². The Morgan fingerprint density at radius 2 is 2.00 bits per heavy atom. The van der Waals surface area contributed by atoms with Crippen molar-refractivity contribution in [1.82, 2.24) is 0 Å². The number of rotatable bonds is 4. The maximum absolute atomic E-state index is 12.6. The fraction of sp³-hybridized carbons (Fsp3) is 0.429. The third-order valence-electron chi connectivity index (χ3n) is 3.26. The molecule has 1 aromatic carbocycles. The molecule has 2 rings (SSSR count). The number of amidine groups is 1. The number of unbranched alkanes of at least 4 members (excludes halogenated alkanes) is 1. The molecule has 0 aliphatic carbocycles. The van der Waals surface area contributed by atoms with Gasteiger partial charge in [-0.3, -0.25) is 10.2 Å². The molecule has 1 aliphatic rings. The molecule has 20 heavy (non-hydrogen) atoms. The van der Waals surface area contributed by atoms with Crippen LogP contribution in [0.5, 0.6) is 0 Å². The molecule has 108 valence electrons. The van der Waals surface area contributed by atoms with Gasteiger partial charge in [-0.2, -0.15) is 13.2 Å². The van der Waals surface area contributed by atoms with E-state index >= 15 is 0 Å². The minimum absolute atomic E-state index is 0.0333. The van der Waals surface area contributed by atoms with Crippen molar-refractivity contribution >= 4 is 17.3 Å². The summed E-state index contributed by atoms with van der Waals surface area (Å²) < 4.78 is 37.7. The summed E-state index contributed by atoms with van der Waals surface area (Å²) in [5.41, 5.74) is 0.407. The quantitative estimate of drug-likeness (QED) is 0.918. The van der Waals surface area contributed by atoms with Gasteiger partial charge in [0.25, 0.3) is 0 Å². The van der Waals surface area contributed by atoms with Crippen LogP contribution in [0.15, 0.2) is 18.2 Å². The van der Waals surface area contributed by atoms with Crippen molar-refractivity contribution in [2.45, 2.75) is 32.4 Å². The number of anilines is 1. The van der Waals surface area contributed by atoms with Crippen molar-refractivity contribution in [3.8, 4) is 0 Å². The highest BCUT2D eigenvalue weighted by Crippen LogP contribution is 2.34. The van der Waals surface area contributed by atoms with E-state index < -0.39 is 18.4 Å². The van der Waals surface area contributed by atoms with E-state index in [0.29, 0.717) is 12.2 Å². The lowest BCUT2D eigenvalue weighted by atomic mass is 10.0. The average molecular weight is 284 g/mol. The zero-order chi connectivity index (χ0) is 14.9. The maximum atomic E-state index is 12.6. The van der Waals surface area contributed by atoms with Crippen LogP contribution in [0.2, 0.25) is 0 Å². The highest BCUT2D eigenvalue weighted by atomic mass is 19.4. The molecule has 0 atom stereocenters. The normalized spacial score (nSPS) is 14.9. The van der Waals surface area contributed by atoms with E-state index in [9.17, 15) is 18.0 Å². The highest BCUT2D eigenvalue weighted by Gasteiger charge is 2.37. The van der Waals surface area contributed by atoms with Crippen LogP contribution < -0.4 is 4.90 Å². The molecule has 0 amide bonds. The lowest BCUT2D eigenvalue weighted by molar-refractivity contribution is -0.127. The van der Waals surface area contributed by atoms with Gasteiger partial charge >= 0.3 is 6.18 Å². The monoisotopic (exact) mass is 284 g/mol. The second-order valence-corrected chi connectivity index (χ2v) is 4.79. The molecule has 0 saturated heterocycles. The predicted molar refractivity (Wildman–Crippen MR) is 70.5 cm³/mol. The Kier molecular flexibility index (Phi) is 3.83. The van der Waals surface area contributed by atoms with E-state index in [1.807, 2.05) is 6.92 Å². The van der Waals surface area contributed by atoms with Gasteiger partial charge in [0.1, 0.15) is 0 Å². The minimum Gasteiger partial charge on any atom is -0.323 e. The van der Waals surface area contributed by atoms with E-state index in [4.69, 9.17) is 5.41 Å². The largest absolute Gasteiger partial charge is 0.393 e. The zero-order valence-electron chi connectivity index (χ0n) is 11.0. The van der Waals surface area contributed by atoms with Gasteiger partial charge in [0.15, 0.2) is 5.84 Å². The fourth-order valence-corrected chi connectivity index (χ4v) is 2.35. The lowest BCUT2D eigenvalue weighted by Crippen LogP contribution is -2.29. The number of fused-ring (bicyclic) bond motifs is 1. The molecule has 0 radical (unpaired) electrons. The standard InChI is InChI=1S/C14H15F3N2O/c1-2-3-7-19-10-6-4-5-9(8-14(15,16)17)11(10)12(20)13(19)18/h4-6,18H,2-3,7-8H2,1H3. The van der Waals surface area contributed by atoms with Gasteiger partial charge in [-0.1, -0.05) is 25.5 Å². The third kappa shape index (κ3) is 2.69. The Labute approximate surface area is 114 Å². The van der Waals surface area contributed by atoms with Gasteiger partial charge in [0.05, 0.1) is 17.7 Å². The van der Waals surface area contributed by atoms with E-state index in [-0.39, 0.29) is 17.0 Å². The first-order chi connectivity index (χ1) is 9.35. The molecule has 1 aromatic rings. The van der Waals surface area contributed by atoms with Gasteiger partial charge in [0.2, 0.25) is 5.78 Å². The van der Waals surface area contributed by atoms with E-state index in [2.05, 4.69) is 0 Å². The first-order valence-electron chi connectivity index (χ1n) is 6.44. The van der Waals surface area contributed by atoms with Gasteiger partial charge < -0.3 is 4.90 Å². The molecule has 1 aliphatic heterocycles. The molecule has 0 saturated carbocycles. The van der Waals surface area contributed by atoms with Crippen LogP contribution in [0.3, 0.4) is 0 Å². The number of Topliss-reactive ketones (excluding diaryl/α,β-unsaturated/α-hetero) is 1. The van der Waals surface area contributed by atoms with Crippen molar-refractivity contribution in [2.24, 2.45) is 0 Å². The van der Waals surface area contributed by atoms with Gasteiger partial charge in [0, 0.05) is 6.54 Å². The second kappa shape index (κ2) is 5.26. The van der Waals surface area contributed by atoms with Crippen molar-refractivity contribution < 1.29 is 18.0 Å². The first-order valence-corrected chi connectivity index (χ1v) is 6.44. The Morgan fingerprint density at radius 1 is 1.30 bits per heavy atom. The number of nitrogens with zero attached hydrogens (tertiary/aromatic N) is 1. The SMILES string of the molecule is CCCCN1C(=N)C(=O)c2c(CC(F)(F)F)cccc21. The molecular formula is C14H15F3N2O. The van der Waals surface area contributed by atoms with Crippen molar-refractivity contribution in [3.05, 3.63) is 29.3 Å². The van der Waals surface area contributed by atoms with Gasteiger partial charge in [-0.15, -0.1) is 0 Å². The smallest absolute Gasteiger partial charge is 0.323 e. The molecule has 0 aromatic heterocycles. The number of ketones is 1. The van der Waals surface area contributed by atoms with Gasteiger partial charge in [-0.05, 0) is 18.1 Å². The fourth-order valence-electron chi connectivity index (χ4n) is 2.35. The summed E-state index contributed by atoms with van der Waals surface area (Å²) in [6.45, 7) is 2.45. The van der Waals surface area contributed by atoms with Crippen LogP contribution in [0, 0.1) is 5.41 Å². The van der Waals surface area contributed by atoms with Crippen molar-refractivity contribution in [2.75, 3.05) is 11.4 Å². The summed E-state index contributed by atoms with van der Waals surface area (Å²) in [6, 6.07) is 4.41. The summed E-state index contributed by atoms with van der Waals surface area (Å²) in [5, 5.41) is 7.80. The molecular weight excluding hydrogens is 269 g/mol.